The molecule has 1 aromatic heterocycles. The molecule has 0 bridgehead atoms. The van der Waals surface area contributed by atoms with Crippen LogP contribution in [0, 0.1) is 11.6 Å². The van der Waals surface area contributed by atoms with Crippen molar-refractivity contribution in [2.75, 3.05) is 0 Å². The van der Waals surface area contributed by atoms with Crippen LogP contribution in [0.1, 0.15) is 23.3 Å². The zero-order valence-electron chi connectivity index (χ0n) is 13.6. The molecule has 1 heterocycles. The molecule has 0 saturated heterocycles. The van der Waals surface area contributed by atoms with Crippen LogP contribution < -0.4 is 5.69 Å². The molecular formula is C18H17F2N3OS. The molecule has 0 radical (unpaired) electrons. The van der Waals surface area contributed by atoms with Crippen LogP contribution in [0.5, 0.6) is 0 Å². The lowest BCUT2D eigenvalue weighted by Crippen LogP contribution is -2.19. The van der Waals surface area contributed by atoms with Gasteiger partial charge in [-0.25, -0.2) is 18.7 Å². The first kappa shape index (κ1) is 17.4. The van der Waals surface area contributed by atoms with Gasteiger partial charge in [-0.05, 0) is 36.6 Å². The van der Waals surface area contributed by atoms with E-state index in [1.807, 2.05) is 37.3 Å². The number of nitrogens with zero attached hydrogens (tertiary/aromatic N) is 2. The van der Waals surface area contributed by atoms with E-state index >= 15 is 0 Å². The highest BCUT2D eigenvalue weighted by Gasteiger charge is 2.16. The molecule has 3 rings (SSSR count). The van der Waals surface area contributed by atoms with Crippen LogP contribution in [0.15, 0.2) is 58.5 Å². The van der Waals surface area contributed by atoms with Crippen molar-refractivity contribution >= 4 is 11.8 Å². The number of aromatic nitrogens is 3. The zero-order valence-corrected chi connectivity index (χ0v) is 14.4. The second-order valence-corrected chi connectivity index (χ2v) is 6.94. The number of aromatic amines is 1. The molecule has 0 fully saturated rings. The van der Waals surface area contributed by atoms with Gasteiger partial charge in [0, 0.05) is 11.8 Å². The Morgan fingerprint density at radius 3 is 2.64 bits per heavy atom. The highest BCUT2D eigenvalue weighted by Crippen LogP contribution is 2.33. The summed E-state index contributed by atoms with van der Waals surface area (Å²) in [6.45, 7) is 2.35. The summed E-state index contributed by atoms with van der Waals surface area (Å²) in [7, 11) is 0. The smallest absolute Gasteiger partial charge is 0.270 e. The molecule has 25 heavy (non-hydrogen) atoms. The van der Waals surface area contributed by atoms with Crippen molar-refractivity contribution in [2.24, 2.45) is 0 Å². The first-order valence-electron chi connectivity index (χ1n) is 7.85. The fourth-order valence-corrected chi connectivity index (χ4v) is 3.47. The third kappa shape index (κ3) is 4.17. The first-order chi connectivity index (χ1) is 12.0. The molecule has 2 aromatic carbocycles. The molecule has 0 spiro atoms. The fourth-order valence-electron chi connectivity index (χ4n) is 2.47. The summed E-state index contributed by atoms with van der Waals surface area (Å²) in [5, 5.41) is 6.85. The number of hydrogen-bond acceptors (Lipinski definition) is 3. The second-order valence-electron chi connectivity index (χ2n) is 5.63. The molecule has 0 saturated carbocycles. The van der Waals surface area contributed by atoms with Crippen molar-refractivity contribution in [1.29, 1.82) is 0 Å². The van der Waals surface area contributed by atoms with Gasteiger partial charge >= 0.3 is 5.69 Å². The molecule has 7 heteroatoms. The second kappa shape index (κ2) is 7.65. The first-order valence-corrected chi connectivity index (χ1v) is 8.73. The van der Waals surface area contributed by atoms with E-state index in [0.29, 0.717) is 23.7 Å². The number of H-pyrrole nitrogens is 1. The molecular weight excluding hydrogens is 344 g/mol. The van der Waals surface area contributed by atoms with Gasteiger partial charge in [-0.15, -0.1) is 5.10 Å². The Morgan fingerprint density at radius 2 is 1.92 bits per heavy atom. The Hall–Kier alpha value is -2.41. The van der Waals surface area contributed by atoms with E-state index in [1.54, 1.807) is 4.57 Å². The third-order valence-electron chi connectivity index (χ3n) is 3.89. The molecule has 1 atom stereocenters. The lowest BCUT2D eigenvalue weighted by atomic mass is 10.1. The minimum absolute atomic E-state index is 0.180. The largest absolute Gasteiger partial charge is 0.343 e. The quantitative estimate of drug-likeness (QED) is 0.677. The van der Waals surface area contributed by atoms with Crippen LogP contribution >= 0.6 is 11.8 Å². The van der Waals surface area contributed by atoms with Crippen molar-refractivity contribution < 1.29 is 8.78 Å². The maximum atomic E-state index is 13.4. The minimum atomic E-state index is -0.881. The van der Waals surface area contributed by atoms with Gasteiger partial charge in [0.2, 0.25) is 0 Å². The van der Waals surface area contributed by atoms with Crippen molar-refractivity contribution in [3.63, 3.8) is 0 Å². The maximum absolute atomic E-state index is 13.4. The van der Waals surface area contributed by atoms with E-state index in [2.05, 4.69) is 10.2 Å². The van der Waals surface area contributed by atoms with Crippen LogP contribution in [-0.4, -0.2) is 14.8 Å². The molecule has 0 aliphatic rings. The number of nitrogens with one attached hydrogen (secondary N) is 1. The summed E-state index contributed by atoms with van der Waals surface area (Å²) in [6, 6.07) is 13.7. The van der Waals surface area contributed by atoms with Crippen LogP contribution in [0.4, 0.5) is 8.78 Å². The Kier molecular flexibility index (Phi) is 5.33. The molecule has 0 aliphatic heterocycles. The summed E-state index contributed by atoms with van der Waals surface area (Å²) in [6.07, 6.45) is 0.702. The minimum Gasteiger partial charge on any atom is -0.270 e. The number of benzene rings is 2. The average molecular weight is 361 g/mol. The maximum Gasteiger partial charge on any atom is 0.343 e. The van der Waals surface area contributed by atoms with Crippen molar-refractivity contribution in [3.8, 4) is 0 Å². The average Bonchev–Trinajstić information content (AvgIpc) is 2.96. The Morgan fingerprint density at radius 1 is 1.16 bits per heavy atom. The number of thioether (sulfide) groups is 1. The van der Waals surface area contributed by atoms with E-state index in [-0.39, 0.29) is 10.9 Å². The number of halogens is 2. The van der Waals surface area contributed by atoms with Crippen LogP contribution in [0.2, 0.25) is 0 Å². The SMILES string of the molecule is C[C@H](Sc1n[nH]c(=O)n1CCc1ccccc1)c1ccc(F)c(F)c1. The number of rotatable bonds is 6. The molecule has 0 amide bonds. The van der Waals surface area contributed by atoms with Crippen molar-refractivity contribution in [3.05, 3.63) is 81.8 Å². The van der Waals surface area contributed by atoms with Gasteiger partial charge < -0.3 is 0 Å². The van der Waals surface area contributed by atoms with Crippen molar-refractivity contribution in [1.82, 2.24) is 14.8 Å². The monoisotopic (exact) mass is 361 g/mol. The van der Waals surface area contributed by atoms with E-state index in [4.69, 9.17) is 0 Å². The van der Waals surface area contributed by atoms with Gasteiger partial charge in [0.25, 0.3) is 0 Å². The third-order valence-corrected chi connectivity index (χ3v) is 5.03. The van der Waals surface area contributed by atoms with Crippen molar-refractivity contribution in [2.45, 2.75) is 30.3 Å². The van der Waals surface area contributed by atoms with Gasteiger partial charge in [0.05, 0.1) is 0 Å². The normalized spacial score (nSPS) is 12.3. The molecule has 0 unspecified atom stereocenters. The summed E-state index contributed by atoms with van der Waals surface area (Å²) in [5.74, 6) is -1.76. The summed E-state index contributed by atoms with van der Waals surface area (Å²) in [5.41, 5.74) is 1.48. The molecule has 4 nitrogen and oxygen atoms in total. The van der Waals surface area contributed by atoms with E-state index in [0.717, 1.165) is 11.6 Å². The highest BCUT2D eigenvalue weighted by atomic mass is 32.2. The number of aryl methyl sites for hydroxylation is 1. The van der Waals surface area contributed by atoms with Crippen LogP contribution in [0.25, 0.3) is 0 Å². The molecule has 3 aromatic rings. The summed E-state index contributed by atoms with van der Waals surface area (Å²) in [4.78, 5) is 12.0. The summed E-state index contributed by atoms with van der Waals surface area (Å²) >= 11 is 1.33. The predicted molar refractivity (Wildman–Crippen MR) is 93.6 cm³/mol. The zero-order chi connectivity index (χ0) is 17.8. The van der Waals surface area contributed by atoms with Crippen LogP contribution in [0.3, 0.4) is 0 Å². The predicted octanol–water partition coefficient (Wildman–Crippen LogP) is 3.95. The highest BCUT2D eigenvalue weighted by molar-refractivity contribution is 7.99. The van der Waals surface area contributed by atoms with Gasteiger partial charge in [0.1, 0.15) is 0 Å². The van der Waals surface area contributed by atoms with E-state index < -0.39 is 11.6 Å². The van der Waals surface area contributed by atoms with Gasteiger partial charge in [-0.3, -0.25) is 4.57 Å². The topological polar surface area (TPSA) is 50.7 Å². The van der Waals surface area contributed by atoms with E-state index in [9.17, 15) is 13.6 Å². The Labute approximate surface area is 147 Å². The molecule has 1 N–H and O–H groups in total. The molecule has 0 aliphatic carbocycles. The Bertz CT molecular complexity index is 908. The van der Waals surface area contributed by atoms with E-state index in [1.165, 1.54) is 23.9 Å². The number of hydrogen-bond donors (Lipinski definition) is 1. The summed E-state index contributed by atoms with van der Waals surface area (Å²) < 4.78 is 28.0. The fraction of sp³-hybridized carbons (Fsp3) is 0.222. The van der Waals surface area contributed by atoms with Gasteiger partial charge in [-0.2, -0.15) is 0 Å². The van der Waals surface area contributed by atoms with Crippen LogP contribution in [-0.2, 0) is 13.0 Å². The van der Waals surface area contributed by atoms with Gasteiger partial charge in [0.15, 0.2) is 16.8 Å². The standard InChI is InChI=1S/C18H17F2N3OS/c1-12(14-7-8-15(19)16(20)11-14)25-18-22-21-17(24)23(18)10-9-13-5-3-2-4-6-13/h2-8,11-12H,9-10H2,1H3,(H,21,24)/t12-/m0/s1. The lowest BCUT2D eigenvalue weighted by molar-refractivity contribution is 0.507. The molecule has 130 valence electrons. The lowest BCUT2D eigenvalue weighted by Gasteiger charge is -2.12. The van der Waals surface area contributed by atoms with Gasteiger partial charge in [-0.1, -0.05) is 48.2 Å². The Balaban J connectivity index is 1.74.